The minimum absolute atomic E-state index is 0.176. The highest BCUT2D eigenvalue weighted by molar-refractivity contribution is 9.13. The van der Waals surface area contributed by atoms with Crippen LogP contribution in [0.2, 0.25) is 0 Å². The van der Waals surface area contributed by atoms with E-state index in [9.17, 15) is 5.11 Å². The molecular weight excluding hydrogens is 384 g/mol. The molecular formula is C11H10Br2N2O4. The van der Waals surface area contributed by atoms with Crippen LogP contribution in [0, 0.1) is 0 Å². The van der Waals surface area contributed by atoms with Gasteiger partial charge in [-0.25, -0.2) is 4.98 Å². The Hall–Kier alpha value is -1.12. The Morgan fingerprint density at radius 3 is 2.58 bits per heavy atom. The van der Waals surface area contributed by atoms with E-state index in [1.165, 1.54) is 20.4 Å². The van der Waals surface area contributed by atoms with Crippen LogP contribution < -0.4 is 9.47 Å². The SMILES string of the molecule is COc1cnc(C(O)c2cc(Br)c(Br)o2)c(OC)n1. The van der Waals surface area contributed by atoms with Crippen molar-refractivity contribution in [3.8, 4) is 11.8 Å². The van der Waals surface area contributed by atoms with Gasteiger partial charge in [-0.05, 0) is 37.9 Å². The number of furan rings is 1. The zero-order chi connectivity index (χ0) is 14.0. The monoisotopic (exact) mass is 392 g/mol. The molecule has 1 unspecified atom stereocenters. The number of hydrogen-bond donors (Lipinski definition) is 1. The third-order valence-electron chi connectivity index (χ3n) is 2.34. The van der Waals surface area contributed by atoms with Crippen LogP contribution in [0.3, 0.4) is 0 Å². The molecule has 0 aliphatic heterocycles. The smallest absolute Gasteiger partial charge is 0.241 e. The molecule has 2 heterocycles. The molecule has 0 fully saturated rings. The summed E-state index contributed by atoms with van der Waals surface area (Å²) in [7, 11) is 2.91. The highest BCUT2D eigenvalue weighted by Crippen LogP contribution is 2.34. The predicted octanol–water partition coefficient (Wildman–Crippen LogP) is 2.69. The number of aliphatic hydroxyl groups excluding tert-OH is 1. The van der Waals surface area contributed by atoms with Crippen molar-refractivity contribution >= 4 is 31.9 Å². The van der Waals surface area contributed by atoms with Crippen LogP contribution in [-0.4, -0.2) is 29.3 Å². The summed E-state index contributed by atoms with van der Waals surface area (Å²) < 4.78 is 16.6. The molecule has 102 valence electrons. The van der Waals surface area contributed by atoms with Gasteiger partial charge < -0.3 is 19.0 Å². The van der Waals surface area contributed by atoms with E-state index in [2.05, 4.69) is 41.8 Å². The van der Waals surface area contributed by atoms with Crippen LogP contribution in [-0.2, 0) is 0 Å². The zero-order valence-corrected chi connectivity index (χ0v) is 13.2. The van der Waals surface area contributed by atoms with E-state index in [-0.39, 0.29) is 11.6 Å². The summed E-state index contributed by atoms with van der Waals surface area (Å²) in [6.07, 6.45) is 0.310. The third-order valence-corrected chi connectivity index (χ3v) is 4.05. The van der Waals surface area contributed by atoms with Gasteiger partial charge in [-0.2, -0.15) is 4.98 Å². The fraction of sp³-hybridized carbons (Fsp3) is 0.273. The van der Waals surface area contributed by atoms with E-state index in [0.717, 1.165) is 0 Å². The summed E-state index contributed by atoms with van der Waals surface area (Å²) >= 11 is 6.48. The van der Waals surface area contributed by atoms with E-state index in [0.29, 0.717) is 20.8 Å². The van der Waals surface area contributed by atoms with Crippen molar-refractivity contribution in [3.63, 3.8) is 0 Å². The van der Waals surface area contributed by atoms with Crippen LogP contribution >= 0.6 is 31.9 Å². The Labute approximate surface area is 126 Å². The van der Waals surface area contributed by atoms with Gasteiger partial charge >= 0.3 is 0 Å². The summed E-state index contributed by atoms with van der Waals surface area (Å²) in [5.41, 5.74) is 0.247. The minimum atomic E-state index is -1.09. The van der Waals surface area contributed by atoms with Crippen LogP contribution in [0.4, 0.5) is 0 Å². The molecule has 0 radical (unpaired) electrons. The van der Waals surface area contributed by atoms with Crippen molar-refractivity contribution in [3.05, 3.63) is 32.9 Å². The second kappa shape index (κ2) is 5.89. The number of ether oxygens (including phenoxy) is 2. The van der Waals surface area contributed by atoms with Crippen molar-refractivity contribution in [2.24, 2.45) is 0 Å². The van der Waals surface area contributed by atoms with Crippen molar-refractivity contribution in [1.29, 1.82) is 0 Å². The highest BCUT2D eigenvalue weighted by Gasteiger charge is 2.23. The molecule has 0 aliphatic carbocycles. The highest BCUT2D eigenvalue weighted by atomic mass is 79.9. The minimum Gasteiger partial charge on any atom is -0.480 e. The van der Waals surface area contributed by atoms with Crippen LogP contribution in [0.1, 0.15) is 17.6 Å². The van der Waals surface area contributed by atoms with Crippen molar-refractivity contribution in [1.82, 2.24) is 9.97 Å². The second-order valence-corrected chi connectivity index (χ2v) is 5.05. The number of hydrogen-bond acceptors (Lipinski definition) is 6. The molecule has 2 aromatic rings. The molecule has 19 heavy (non-hydrogen) atoms. The first kappa shape index (κ1) is 14.3. The van der Waals surface area contributed by atoms with Crippen molar-refractivity contribution in [2.45, 2.75) is 6.10 Å². The zero-order valence-electron chi connectivity index (χ0n) is 10.1. The topological polar surface area (TPSA) is 77.6 Å². The summed E-state index contributed by atoms with van der Waals surface area (Å²) in [6.45, 7) is 0. The quantitative estimate of drug-likeness (QED) is 0.860. The number of halogens is 2. The molecule has 8 heteroatoms. The molecule has 0 saturated carbocycles. The number of nitrogens with zero attached hydrogens (tertiary/aromatic N) is 2. The van der Waals surface area contributed by atoms with Gasteiger partial charge in [0.1, 0.15) is 11.5 Å². The maximum atomic E-state index is 10.2. The van der Waals surface area contributed by atoms with Crippen molar-refractivity contribution in [2.75, 3.05) is 14.2 Å². The molecule has 0 saturated heterocycles. The number of aliphatic hydroxyl groups is 1. The lowest BCUT2D eigenvalue weighted by Crippen LogP contribution is -2.06. The Morgan fingerprint density at radius 1 is 1.32 bits per heavy atom. The summed E-state index contributed by atoms with van der Waals surface area (Å²) in [5, 5.41) is 10.2. The molecule has 1 N–H and O–H groups in total. The molecule has 0 bridgehead atoms. The first-order valence-corrected chi connectivity index (χ1v) is 6.73. The average Bonchev–Trinajstić information content (AvgIpc) is 2.77. The average molecular weight is 394 g/mol. The van der Waals surface area contributed by atoms with Gasteiger partial charge in [0.15, 0.2) is 10.8 Å². The van der Waals surface area contributed by atoms with Gasteiger partial charge in [-0.15, -0.1) is 0 Å². The molecule has 2 rings (SSSR count). The first-order valence-electron chi connectivity index (χ1n) is 5.14. The van der Waals surface area contributed by atoms with Crippen LogP contribution in [0.5, 0.6) is 11.8 Å². The Kier molecular flexibility index (Phi) is 4.43. The fourth-order valence-electron chi connectivity index (χ4n) is 1.44. The van der Waals surface area contributed by atoms with E-state index < -0.39 is 6.10 Å². The fourth-order valence-corrected chi connectivity index (χ4v) is 2.04. The van der Waals surface area contributed by atoms with Gasteiger partial charge in [-0.1, -0.05) is 0 Å². The van der Waals surface area contributed by atoms with Gasteiger partial charge in [0.05, 0.1) is 24.9 Å². The van der Waals surface area contributed by atoms with E-state index >= 15 is 0 Å². The van der Waals surface area contributed by atoms with Gasteiger partial charge in [0, 0.05) is 0 Å². The standard InChI is InChI=1S/C11H10Br2N2O4/c1-17-7-4-14-8(11(15-7)18-2)9(16)6-3-5(12)10(13)19-6/h3-4,9,16H,1-2H3. The summed E-state index contributed by atoms with van der Waals surface area (Å²) in [6, 6.07) is 1.64. The largest absolute Gasteiger partial charge is 0.480 e. The van der Waals surface area contributed by atoms with Gasteiger partial charge in [0.25, 0.3) is 0 Å². The Morgan fingerprint density at radius 2 is 2.05 bits per heavy atom. The summed E-state index contributed by atoms with van der Waals surface area (Å²) in [4.78, 5) is 8.14. The van der Waals surface area contributed by atoms with E-state index in [1.54, 1.807) is 6.07 Å². The molecule has 0 aliphatic rings. The molecule has 0 aromatic carbocycles. The lowest BCUT2D eigenvalue weighted by atomic mass is 10.2. The number of rotatable bonds is 4. The first-order chi connectivity index (χ1) is 9.06. The molecule has 6 nitrogen and oxygen atoms in total. The van der Waals surface area contributed by atoms with E-state index in [1.807, 2.05) is 0 Å². The van der Waals surface area contributed by atoms with Crippen LogP contribution in [0.15, 0.2) is 25.8 Å². The molecule has 1 atom stereocenters. The number of methoxy groups -OCH3 is 2. The maximum absolute atomic E-state index is 10.2. The maximum Gasteiger partial charge on any atom is 0.241 e. The third kappa shape index (κ3) is 2.90. The second-order valence-electron chi connectivity index (χ2n) is 3.48. The lowest BCUT2D eigenvalue weighted by Gasteiger charge is -2.11. The predicted molar refractivity (Wildman–Crippen MR) is 73.3 cm³/mol. The number of aromatic nitrogens is 2. The molecule has 0 amide bonds. The lowest BCUT2D eigenvalue weighted by molar-refractivity contribution is 0.176. The van der Waals surface area contributed by atoms with Crippen molar-refractivity contribution < 1.29 is 19.0 Å². The normalized spacial score (nSPS) is 12.3. The molecule has 2 aromatic heterocycles. The Balaban J connectivity index is 2.40. The van der Waals surface area contributed by atoms with E-state index in [4.69, 9.17) is 13.9 Å². The summed E-state index contributed by atoms with van der Waals surface area (Å²) in [5.74, 6) is 0.793. The van der Waals surface area contributed by atoms with Crippen LogP contribution in [0.25, 0.3) is 0 Å². The Bertz CT molecular complexity index is 569. The van der Waals surface area contributed by atoms with Gasteiger partial charge in [0.2, 0.25) is 11.8 Å². The van der Waals surface area contributed by atoms with Gasteiger partial charge in [-0.3, -0.25) is 0 Å². The molecule has 0 spiro atoms.